The summed E-state index contributed by atoms with van der Waals surface area (Å²) >= 11 is 0. The monoisotopic (exact) mass is 269 g/mol. The highest BCUT2D eigenvalue weighted by Gasteiger charge is 2.48. The van der Waals surface area contributed by atoms with Gasteiger partial charge in [-0.3, -0.25) is 10.1 Å². The Morgan fingerprint density at radius 2 is 2.05 bits per heavy atom. The van der Waals surface area contributed by atoms with Crippen LogP contribution in [0, 0.1) is 5.41 Å². The first-order chi connectivity index (χ1) is 8.81. The van der Waals surface area contributed by atoms with Crippen LogP contribution in [0.2, 0.25) is 0 Å². The lowest BCUT2D eigenvalue weighted by Gasteiger charge is -2.26. The third-order valence-electron chi connectivity index (χ3n) is 4.14. The van der Waals surface area contributed by atoms with E-state index in [2.05, 4.69) is 26.1 Å². The van der Waals surface area contributed by atoms with E-state index >= 15 is 0 Å². The Bertz CT molecular complexity index is 333. The maximum Gasteiger partial charge on any atom is 0.324 e. The van der Waals surface area contributed by atoms with Gasteiger partial charge >= 0.3 is 5.97 Å². The first-order valence-electron chi connectivity index (χ1n) is 7.43. The molecule has 0 heterocycles. The van der Waals surface area contributed by atoms with Gasteiger partial charge in [0.25, 0.3) is 0 Å². The van der Waals surface area contributed by atoms with Gasteiger partial charge in [0.2, 0.25) is 0 Å². The summed E-state index contributed by atoms with van der Waals surface area (Å²) in [4.78, 5) is 11.5. The minimum atomic E-state index is -0.729. The van der Waals surface area contributed by atoms with Gasteiger partial charge in [-0.15, -0.1) is 0 Å². The highest BCUT2D eigenvalue weighted by Crippen LogP contribution is 2.36. The number of hydrogen-bond donors (Lipinski definition) is 2. The molecule has 2 N–H and O–H groups in total. The van der Waals surface area contributed by atoms with Gasteiger partial charge in [-0.1, -0.05) is 20.8 Å². The average molecular weight is 269 g/mol. The zero-order chi connectivity index (χ0) is 14.1. The van der Waals surface area contributed by atoms with E-state index in [9.17, 15) is 9.90 Å². The van der Waals surface area contributed by atoms with Gasteiger partial charge in [-0.2, -0.15) is 0 Å². The third kappa shape index (κ3) is 4.18. The number of carbonyl (C=O) groups is 1. The summed E-state index contributed by atoms with van der Waals surface area (Å²) in [6.07, 6.45) is 5.51. The largest absolute Gasteiger partial charge is 0.480 e. The van der Waals surface area contributed by atoms with E-state index in [1.165, 1.54) is 0 Å². The number of rotatable bonds is 6. The summed E-state index contributed by atoms with van der Waals surface area (Å²) in [6, 6.07) is 0.421. The SMILES string of the molecule is CC(C)(C)CCOC1CCC(NC2CC2)(C(=O)O)C1. The van der Waals surface area contributed by atoms with Crippen molar-refractivity contribution < 1.29 is 14.6 Å². The molecule has 0 spiro atoms. The maximum atomic E-state index is 11.5. The van der Waals surface area contributed by atoms with Gasteiger partial charge in [0.1, 0.15) is 5.54 Å². The zero-order valence-corrected chi connectivity index (χ0v) is 12.4. The molecule has 2 atom stereocenters. The van der Waals surface area contributed by atoms with E-state index in [0.717, 1.165) is 32.3 Å². The second-order valence-electron chi connectivity index (χ2n) is 7.35. The molecule has 0 radical (unpaired) electrons. The molecule has 0 bridgehead atoms. The lowest BCUT2D eigenvalue weighted by molar-refractivity contribution is -0.145. The fraction of sp³-hybridized carbons (Fsp3) is 0.933. The van der Waals surface area contributed by atoms with Crippen LogP contribution < -0.4 is 5.32 Å². The Kier molecular flexibility index (Phi) is 4.21. The number of hydrogen-bond acceptors (Lipinski definition) is 3. The summed E-state index contributed by atoms with van der Waals surface area (Å²) in [7, 11) is 0. The van der Waals surface area contributed by atoms with Crippen LogP contribution in [-0.2, 0) is 9.53 Å². The minimum absolute atomic E-state index is 0.102. The molecule has 110 valence electrons. The van der Waals surface area contributed by atoms with Gasteiger partial charge in [-0.25, -0.2) is 0 Å². The first kappa shape index (κ1) is 14.8. The normalized spacial score (nSPS) is 31.6. The summed E-state index contributed by atoms with van der Waals surface area (Å²) in [5.74, 6) is -0.707. The summed E-state index contributed by atoms with van der Waals surface area (Å²) in [6.45, 7) is 7.32. The number of aliphatic carboxylic acids is 1. The van der Waals surface area contributed by atoms with Crippen molar-refractivity contribution in [3.8, 4) is 0 Å². The molecule has 19 heavy (non-hydrogen) atoms. The molecule has 0 amide bonds. The Morgan fingerprint density at radius 3 is 2.58 bits per heavy atom. The van der Waals surface area contributed by atoms with Crippen molar-refractivity contribution in [2.75, 3.05) is 6.61 Å². The van der Waals surface area contributed by atoms with E-state index in [1.807, 2.05) is 0 Å². The van der Waals surface area contributed by atoms with Crippen molar-refractivity contribution in [1.82, 2.24) is 5.32 Å². The van der Waals surface area contributed by atoms with Crippen LogP contribution in [0.1, 0.15) is 59.3 Å². The maximum absolute atomic E-state index is 11.5. The Hall–Kier alpha value is -0.610. The second kappa shape index (κ2) is 5.41. The molecule has 0 saturated heterocycles. The van der Waals surface area contributed by atoms with Crippen molar-refractivity contribution in [3.05, 3.63) is 0 Å². The van der Waals surface area contributed by atoms with Crippen LogP contribution in [0.15, 0.2) is 0 Å². The van der Waals surface area contributed by atoms with Crippen LogP contribution in [0.3, 0.4) is 0 Å². The molecule has 4 heteroatoms. The van der Waals surface area contributed by atoms with Gasteiger partial charge < -0.3 is 9.84 Å². The number of carboxylic acids is 1. The fourth-order valence-corrected chi connectivity index (χ4v) is 2.68. The van der Waals surface area contributed by atoms with Crippen LogP contribution in [0.4, 0.5) is 0 Å². The summed E-state index contributed by atoms with van der Waals surface area (Å²) < 4.78 is 5.88. The zero-order valence-electron chi connectivity index (χ0n) is 12.4. The molecule has 2 aliphatic carbocycles. The fourth-order valence-electron chi connectivity index (χ4n) is 2.68. The molecule has 2 aliphatic rings. The van der Waals surface area contributed by atoms with E-state index < -0.39 is 11.5 Å². The minimum Gasteiger partial charge on any atom is -0.480 e. The second-order valence-corrected chi connectivity index (χ2v) is 7.35. The highest BCUT2D eigenvalue weighted by molar-refractivity contribution is 5.79. The first-order valence-corrected chi connectivity index (χ1v) is 7.43. The van der Waals surface area contributed by atoms with Gasteiger partial charge in [0.15, 0.2) is 0 Å². The quantitative estimate of drug-likeness (QED) is 0.778. The molecule has 2 unspecified atom stereocenters. The standard InChI is InChI=1S/C15H27NO3/c1-14(2,3)8-9-19-12-6-7-15(10-12,13(17)18)16-11-4-5-11/h11-12,16H,4-10H2,1-3H3,(H,17,18). The molecular formula is C15H27NO3. The molecule has 4 nitrogen and oxygen atoms in total. The van der Waals surface area contributed by atoms with Gasteiger partial charge in [0.05, 0.1) is 6.10 Å². The Labute approximate surface area is 115 Å². The Balaban J connectivity index is 1.81. The molecule has 0 aromatic carbocycles. The van der Waals surface area contributed by atoms with Gasteiger partial charge in [0, 0.05) is 19.1 Å². The number of ether oxygens (including phenoxy) is 1. The summed E-state index contributed by atoms with van der Waals surface area (Å²) in [5, 5.41) is 12.8. The van der Waals surface area contributed by atoms with Crippen LogP contribution in [-0.4, -0.2) is 35.4 Å². The van der Waals surface area contributed by atoms with E-state index in [1.54, 1.807) is 0 Å². The molecule has 0 aliphatic heterocycles. The predicted octanol–water partition coefficient (Wildman–Crippen LogP) is 2.57. The molecule has 0 aromatic heterocycles. The molecular weight excluding hydrogens is 242 g/mol. The van der Waals surface area contributed by atoms with E-state index in [0.29, 0.717) is 18.9 Å². The molecule has 2 fully saturated rings. The molecule has 2 saturated carbocycles. The number of nitrogens with one attached hydrogen (secondary N) is 1. The van der Waals surface area contributed by atoms with E-state index in [4.69, 9.17) is 4.74 Å². The van der Waals surface area contributed by atoms with Crippen molar-refractivity contribution in [3.63, 3.8) is 0 Å². The van der Waals surface area contributed by atoms with Gasteiger partial charge in [-0.05, 0) is 37.5 Å². The Morgan fingerprint density at radius 1 is 1.37 bits per heavy atom. The average Bonchev–Trinajstić information content (AvgIpc) is 2.97. The predicted molar refractivity (Wildman–Crippen MR) is 74.2 cm³/mol. The van der Waals surface area contributed by atoms with E-state index in [-0.39, 0.29) is 11.5 Å². The van der Waals surface area contributed by atoms with Crippen molar-refractivity contribution in [2.24, 2.45) is 5.41 Å². The van der Waals surface area contributed by atoms with Crippen LogP contribution in [0.5, 0.6) is 0 Å². The van der Waals surface area contributed by atoms with Crippen molar-refractivity contribution >= 4 is 5.97 Å². The number of carboxylic acid groups (broad SMARTS) is 1. The third-order valence-corrected chi connectivity index (χ3v) is 4.14. The molecule has 0 aromatic rings. The smallest absolute Gasteiger partial charge is 0.324 e. The van der Waals surface area contributed by atoms with Crippen molar-refractivity contribution in [2.45, 2.75) is 77.0 Å². The van der Waals surface area contributed by atoms with Crippen LogP contribution in [0.25, 0.3) is 0 Å². The highest BCUT2D eigenvalue weighted by atomic mass is 16.5. The lowest BCUT2D eigenvalue weighted by Crippen LogP contribution is -2.51. The lowest BCUT2D eigenvalue weighted by atomic mass is 9.93. The van der Waals surface area contributed by atoms with Crippen molar-refractivity contribution in [1.29, 1.82) is 0 Å². The topological polar surface area (TPSA) is 58.6 Å². The van der Waals surface area contributed by atoms with Crippen LogP contribution >= 0.6 is 0 Å². The summed E-state index contributed by atoms with van der Waals surface area (Å²) in [5.41, 5.74) is -0.456. The molecule has 2 rings (SSSR count).